The first-order valence-electron chi connectivity index (χ1n) is 7.82. The zero-order chi connectivity index (χ0) is 17.4. The van der Waals surface area contributed by atoms with Crippen molar-refractivity contribution in [1.29, 1.82) is 0 Å². The number of rotatable bonds is 8. The van der Waals surface area contributed by atoms with Gasteiger partial charge in [0, 0.05) is 6.07 Å². The number of amides is 1. The van der Waals surface area contributed by atoms with Gasteiger partial charge in [-0.3, -0.25) is 14.9 Å². The Kier molecular flexibility index (Phi) is 6.31. The van der Waals surface area contributed by atoms with Crippen molar-refractivity contribution < 1.29 is 14.5 Å². The molecule has 0 heterocycles. The molecule has 0 radical (unpaired) electrons. The van der Waals surface area contributed by atoms with Gasteiger partial charge in [0.25, 0.3) is 5.91 Å². The Balaban J connectivity index is 1.98. The Bertz CT molecular complexity index is 688. The summed E-state index contributed by atoms with van der Waals surface area (Å²) in [5, 5.41) is 13.9. The molecule has 1 atom stereocenters. The van der Waals surface area contributed by atoms with Crippen LogP contribution in [0.2, 0.25) is 0 Å². The van der Waals surface area contributed by atoms with Crippen molar-refractivity contribution >= 4 is 11.6 Å². The van der Waals surface area contributed by atoms with Crippen molar-refractivity contribution in [2.24, 2.45) is 0 Å². The summed E-state index contributed by atoms with van der Waals surface area (Å²) >= 11 is 0. The molecule has 1 N–H and O–H groups in total. The molecule has 2 rings (SSSR count). The predicted octanol–water partition coefficient (Wildman–Crippen LogP) is 3.63. The van der Waals surface area contributed by atoms with Crippen LogP contribution in [0, 0.1) is 10.1 Å². The third kappa shape index (κ3) is 4.81. The Labute approximate surface area is 140 Å². The fourth-order valence-electron chi connectivity index (χ4n) is 2.41. The van der Waals surface area contributed by atoms with Crippen molar-refractivity contribution in [3.63, 3.8) is 0 Å². The molecule has 0 fully saturated rings. The molecule has 0 aliphatic carbocycles. The number of para-hydroxylation sites is 2. The van der Waals surface area contributed by atoms with Gasteiger partial charge in [0.15, 0.2) is 12.4 Å². The van der Waals surface area contributed by atoms with Crippen LogP contribution in [0.3, 0.4) is 0 Å². The van der Waals surface area contributed by atoms with Crippen LogP contribution in [-0.4, -0.2) is 17.4 Å². The molecule has 6 heteroatoms. The summed E-state index contributed by atoms with van der Waals surface area (Å²) in [4.78, 5) is 22.6. The van der Waals surface area contributed by atoms with E-state index in [4.69, 9.17) is 4.74 Å². The lowest BCUT2D eigenvalue weighted by Crippen LogP contribution is -2.32. The first-order chi connectivity index (χ1) is 11.6. The van der Waals surface area contributed by atoms with Crippen LogP contribution < -0.4 is 10.1 Å². The van der Waals surface area contributed by atoms with Crippen LogP contribution in [0.4, 0.5) is 5.69 Å². The minimum absolute atomic E-state index is 0.0874. The van der Waals surface area contributed by atoms with Gasteiger partial charge in [-0.15, -0.1) is 0 Å². The Morgan fingerprint density at radius 3 is 2.50 bits per heavy atom. The molecule has 0 aliphatic heterocycles. The van der Waals surface area contributed by atoms with E-state index in [9.17, 15) is 14.9 Å². The predicted molar refractivity (Wildman–Crippen MR) is 90.8 cm³/mol. The van der Waals surface area contributed by atoms with Gasteiger partial charge in [0.1, 0.15) is 0 Å². The van der Waals surface area contributed by atoms with Gasteiger partial charge < -0.3 is 10.1 Å². The Hall–Kier alpha value is -2.89. The number of nitro benzene ring substituents is 1. The fourth-order valence-corrected chi connectivity index (χ4v) is 2.41. The molecule has 0 spiro atoms. The zero-order valence-electron chi connectivity index (χ0n) is 13.5. The molecule has 1 unspecified atom stereocenters. The SMILES string of the molecule is CCCC(NC(=O)COc1ccccc1[N+](=O)[O-])c1ccccc1. The number of benzene rings is 2. The molecule has 6 nitrogen and oxygen atoms in total. The first kappa shape index (κ1) is 17.5. The summed E-state index contributed by atoms with van der Waals surface area (Å²) in [6.45, 7) is 1.78. The van der Waals surface area contributed by atoms with Crippen molar-refractivity contribution in [1.82, 2.24) is 5.32 Å². The number of nitrogens with one attached hydrogen (secondary N) is 1. The molecule has 0 aromatic heterocycles. The van der Waals surface area contributed by atoms with E-state index in [-0.39, 0.29) is 30.0 Å². The summed E-state index contributed by atoms with van der Waals surface area (Å²) in [5.41, 5.74) is 0.872. The van der Waals surface area contributed by atoms with Gasteiger partial charge in [-0.1, -0.05) is 55.8 Å². The fraction of sp³-hybridized carbons (Fsp3) is 0.278. The third-order valence-electron chi connectivity index (χ3n) is 3.54. The van der Waals surface area contributed by atoms with Gasteiger partial charge in [-0.2, -0.15) is 0 Å². The highest BCUT2D eigenvalue weighted by Gasteiger charge is 2.17. The summed E-state index contributed by atoms with van der Waals surface area (Å²) in [5.74, 6) is -0.222. The monoisotopic (exact) mass is 328 g/mol. The van der Waals surface area contributed by atoms with E-state index < -0.39 is 4.92 Å². The highest BCUT2D eigenvalue weighted by atomic mass is 16.6. The van der Waals surface area contributed by atoms with E-state index in [0.717, 1.165) is 18.4 Å². The summed E-state index contributed by atoms with van der Waals surface area (Å²) < 4.78 is 5.32. The molecular formula is C18H20N2O4. The second-order valence-corrected chi connectivity index (χ2v) is 5.33. The minimum Gasteiger partial charge on any atom is -0.477 e. The lowest BCUT2D eigenvalue weighted by Gasteiger charge is -2.18. The van der Waals surface area contributed by atoms with E-state index in [1.165, 1.54) is 12.1 Å². The normalized spacial score (nSPS) is 11.5. The topological polar surface area (TPSA) is 81.5 Å². The van der Waals surface area contributed by atoms with Crippen LogP contribution >= 0.6 is 0 Å². The van der Waals surface area contributed by atoms with Gasteiger partial charge in [-0.05, 0) is 18.1 Å². The second-order valence-electron chi connectivity index (χ2n) is 5.33. The lowest BCUT2D eigenvalue weighted by molar-refractivity contribution is -0.385. The number of carbonyl (C=O) groups is 1. The van der Waals surface area contributed by atoms with Gasteiger partial charge in [0.2, 0.25) is 0 Å². The van der Waals surface area contributed by atoms with Crippen LogP contribution in [-0.2, 0) is 4.79 Å². The molecule has 2 aromatic carbocycles. The Morgan fingerprint density at radius 2 is 1.83 bits per heavy atom. The Morgan fingerprint density at radius 1 is 1.17 bits per heavy atom. The molecule has 0 aliphatic rings. The van der Waals surface area contributed by atoms with Gasteiger partial charge >= 0.3 is 5.69 Å². The number of nitro groups is 1. The maximum absolute atomic E-state index is 12.2. The lowest BCUT2D eigenvalue weighted by atomic mass is 10.0. The van der Waals surface area contributed by atoms with Gasteiger partial charge in [0.05, 0.1) is 11.0 Å². The van der Waals surface area contributed by atoms with E-state index in [1.54, 1.807) is 12.1 Å². The van der Waals surface area contributed by atoms with Crippen LogP contribution in [0.15, 0.2) is 54.6 Å². The summed E-state index contributed by atoms with van der Waals surface area (Å²) in [6.07, 6.45) is 1.73. The quantitative estimate of drug-likeness (QED) is 0.592. The van der Waals surface area contributed by atoms with E-state index in [1.807, 2.05) is 37.3 Å². The average Bonchev–Trinajstić information content (AvgIpc) is 2.60. The number of nitrogens with zero attached hydrogens (tertiary/aromatic N) is 1. The molecule has 0 saturated heterocycles. The van der Waals surface area contributed by atoms with Crippen LogP contribution in [0.1, 0.15) is 31.4 Å². The van der Waals surface area contributed by atoms with Gasteiger partial charge in [-0.25, -0.2) is 0 Å². The van der Waals surface area contributed by atoms with Crippen molar-refractivity contribution in [3.05, 3.63) is 70.3 Å². The molecule has 0 saturated carbocycles. The van der Waals surface area contributed by atoms with Crippen molar-refractivity contribution in [2.75, 3.05) is 6.61 Å². The minimum atomic E-state index is -0.531. The zero-order valence-corrected chi connectivity index (χ0v) is 13.5. The molecule has 1 amide bonds. The summed E-state index contributed by atoms with van der Waals surface area (Å²) in [6, 6.07) is 15.6. The average molecular weight is 328 g/mol. The molecule has 2 aromatic rings. The maximum atomic E-state index is 12.2. The number of hydrogen-bond donors (Lipinski definition) is 1. The van der Waals surface area contributed by atoms with E-state index >= 15 is 0 Å². The number of carbonyl (C=O) groups excluding carboxylic acids is 1. The molecule has 0 bridgehead atoms. The van der Waals surface area contributed by atoms with Crippen LogP contribution in [0.25, 0.3) is 0 Å². The highest BCUT2D eigenvalue weighted by Crippen LogP contribution is 2.25. The highest BCUT2D eigenvalue weighted by molar-refractivity contribution is 5.78. The molecular weight excluding hydrogens is 308 g/mol. The third-order valence-corrected chi connectivity index (χ3v) is 3.54. The maximum Gasteiger partial charge on any atom is 0.310 e. The number of ether oxygens (including phenoxy) is 1. The van der Waals surface area contributed by atoms with Crippen LogP contribution in [0.5, 0.6) is 5.75 Å². The van der Waals surface area contributed by atoms with E-state index in [2.05, 4.69) is 5.32 Å². The molecule has 126 valence electrons. The first-order valence-corrected chi connectivity index (χ1v) is 7.82. The van der Waals surface area contributed by atoms with Crippen molar-refractivity contribution in [3.8, 4) is 5.75 Å². The van der Waals surface area contributed by atoms with E-state index in [0.29, 0.717) is 0 Å². The molecule has 24 heavy (non-hydrogen) atoms. The van der Waals surface area contributed by atoms with Crippen molar-refractivity contribution in [2.45, 2.75) is 25.8 Å². The summed E-state index contributed by atoms with van der Waals surface area (Å²) in [7, 11) is 0. The number of hydrogen-bond acceptors (Lipinski definition) is 4. The standard InChI is InChI=1S/C18H20N2O4/c1-2-8-15(14-9-4-3-5-10-14)19-18(21)13-24-17-12-7-6-11-16(17)20(22)23/h3-7,9-12,15H,2,8,13H2,1H3,(H,19,21). The largest absolute Gasteiger partial charge is 0.477 e. The smallest absolute Gasteiger partial charge is 0.310 e. The second kappa shape index (κ2) is 8.67.